The van der Waals surface area contributed by atoms with Crippen molar-refractivity contribution in [2.75, 3.05) is 18.7 Å². The largest absolute Gasteiger partial charge is 0.497 e. The fourth-order valence-corrected chi connectivity index (χ4v) is 4.14. The van der Waals surface area contributed by atoms with Crippen molar-refractivity contribution in [3.8, 4) is 11.5 Å². The van der Waals surface area contributed by atoms with E-state index in [1.807, 2.05) is 50.2 Å². The molecule has 0 fully saturated rings. The van der Waals surface area contributed by atoms with Crippen LogP contribution in [0.2, 0.25) is 0 Å². The van der Waals surface area contributed by atoms with Crippen molar-refractivity contribution in [1.29, 1.82) is 0 Å². The number of anilines is 1. The Labute approximate surface area is 190 Å². The summed E-state index contributed by atoms with van der Waals surface area (Å²) in [7, 11) is 1.57. The molecule has 0 aliphatic heterocycles. The third-order valence-corrected chi connectivity index (χ3v) is 5.73. The monoisotopic (exact) mass is 445 g/mol. The van der Waals surface area contributed by atoms with Crippen LogP contribution in [0.25, 0.3) is 10.2 Å². The van der Waals surface area contributed by atoms with Gasteiger partial charge in [-0.1, -0.05) is 23.5 Å². The highest BCUT2D eigenvalue weighted by Gasteiger charge is 2.21. The molecule has 0 radical (unpaired) electrons. The SMILES string of the molecule is CCOc1ccc(/C=N/N(C(=O)c2cccc(OC)c2)c2nc3ccc(C)cc3s2)cc1. The zero-order valence-corrected chi connectivity index (χ0v) is 18.9. The molecule has 0 atom stereocenters. The average molecular weight is 446 g/mol. The number of benzene rings is 3. The Balaban J connectivity index is 1.71. The van der Waals surface area contributed by atoms with E-state index in [9.17, 15) is 4.79 Å². The number of hydrogen-bond acceptors (Lipinski definition) is 6. The molecule has 0 spiro atoms. The lowest BCUT2D eigenvalue weighted by atomic mass is 10.2. The molecule has 1 aromatic heterocycles. The third-order valence-electron chi connectivity index (χ3n) is 4.74. The van der Waals surface area contributed by atoms with Crippen molar-refractivity contribution >= 4 is 38.8 Å². The van der Waals surface area contributed by atoms with Gasteiger partial charge in [-0.3, -0.25) is 4.79 Å². The van der Waals surface area contributed by atoms with Gasteiger partial charge in [0, 0.05) is 5.56 Å². The van der Waals surface area contributed by atoms with Gasteiger partial charge >= 0.3 is 0 Å². The van der Waals surface area contributed by atoms with Crippen LogP contribution in [0, 0.1) is 6.92 Å². The number of carbonyl (C=O) groups excluding carboxylic acids is 1. The van der Waals surface area contributed by atoms with Crippen LogP contribution in [0.3, 0.4) is 0 Å². The number of aryl methyl sites for hydroxylation is 1. The van der Waals surface area contributed by atoms with Crippen LogP contribution >= 0.6 is 11.3 Å². The molecule has 0 aliphatic carbocycles. The van der Waals surface area contributed by atoms with Crippen LogP contribution in [0.5, 0.6) is 11.5 Å². The standard InChI is InChI=1S/C25H23N3O3S/c1-4-31-20-11-9-18(10-12-20)16-26-28(24(29)19-6-5-7-21(15-19)30-3)25-27-22-13-8-17(2)14-23(22)32-25/h5-16H,4H2,1-3H3/b26-16+. The minimum Gasteiger partial charge on any atom is -0.497 e. The van der Waals surface area contributed by atoms with Gasteiger partial charge in [0.2, 0.25) is 5.13 Å². The number of aromatic nitrogens is 1. The first-order chi connectivity index (χ1) is 15.6. The number of rotatable bonds is 7. The number of thiazole rings is 1. The Kier molecular flexibility index (Phi) is 6.47. The van der Waals surface area contributed by atoms with Crippen LogP contribution in [-0.2, 0) is 0 Å². The summed E-state index contributed by atoms with van der Waals surface area (Å²) in [5, 5.41) is 6.35. The smallest absolute Gasteiger partial charge is 0.280 e. The highest BCUT2D eigenvalue weighted by molar-refractivity contribution is 7.22. The quantitative estimate of drug-likeness (QED) is 0.271. The lowest BCUT2D eigenvalue weighted by Crippen LogP contribution is -2.25. The van der Waals surface area contributed by atoms with Crippen LogP contribution in [0.4, 0.5) is 5.13 Å². The van der Waals surface area contributed by atoms with E-state index in [1.165, 1.54) is 16.3 Å². The van der Waals surface area contributed by atoms with Crippen molar-refractivity contribution in [2.45, 2.75) is 13.8 Å². The zero-order chi connectivity index (χ0) is 22.5. The number of hydrazone groups is 1. The lowest BCUT2D eigenvalue weighted by Gasteiger charge is -2.14. The molecule has 4 rings (SSSR count). The first-order valence-electron chi connectivity index (χ1n) is 10.2. The first kappa shape index (κ1) is 21.5. The van der Waals surface area contributed by atoms with Gasteiger partial charge in [0.05, 0.1) is 30.1 Å². The molecular weight excluding hydrogens is 422 g/mol. The van der Waals surface area contributed by atoms with Gasteiger partial charge in [-0.15, -0.1) is 0 Å². The maximum atomic E-state index is 13.4. The second-order valence-electron chi connectivity index (χ2n) is 7.06. The minimum absolute atomic E-state index is 0.290. The molecule has 7 heteroatoms. The molecule has 0 saturated heterocycles. The van der Waals surface area contributed by atoms with E-state index in [1.54, 1.807) is 37.6 Å². The van der Waals surface area contributed by atoms with Crippen LogP contribution in [0.1, 0.15) is 28.4 Å². The van der Waals surface area contributed by atoms with Crippen LogP contribution < -0.4 is 14.5 Å². The molecule has 0 N–H and O–H groups in total. The normalized spacial score (nSPS) is 11.1. The zero-order valence-electron chi connectivity index (χ0n) is 18.1. The van der Waals surface area contributed by atoms with E-state index >= 15 is 0 Å². The lowest BCUT2D eigenvalue weighted by molar-refractivity contribution is 0.0987. The highest BCUT2D eigenvalue weighted by atomic mass is 32.1. The summed E-state index contributed by atoms with van der Waals surface area (Å²) in [6.07, 6.45) is 1.64. The number of fused-ring (bicyclic) bond motifs is 1. The fraction of sp³-hybridized carbons (Fsp3) is 0.160. The summed E-state index contributed by atoms with van der Waals surface area (Å²) in [5.74, 6) is 1.10. The van der Waals surface area contributed by atoms with Crippen molar-refractivity contribution in [2.24, 2.45) is 5.10 Å². The summed E-state index contributed by atoms with van der Waals surface area (Å²) >= 11 is 1.43. The van der Waals surface area contributed by atoms with E-state index in [4.69, 9.17) is 9.47 Å². The van der Waals surface area contributed by atoms with Crippen molar-refractivity contribution in [3.05, 3.63) is 83.4 Å². The molecule has 162 valence electrons. The second kappa shape index (κ2) is 9.62. The van der Waals surface area contributed by atoms with Crippen molar-refractivity contribution in [3.63, 3.8) is 0 Å². The molecule has 1 heterocycles. The molecule has 0 bridgehead atoms. The van der Waals surface area contributed by atoms with Crippen molar-refractivity contribution < 1.29 is 14.3 Å². The fourth-order valence-electron chi connectivity index (χ4n) is 3.12. The maximum absolute atomic E-state index is 13.4. The molecule has 32 heavy (non-hydrogen) atoms. The van der Waals surface area contributed by atoms with Gasteiger partial charge in [-0.05, 0) is 79.6 Å². The summed E-state index contributed by atoms with van der Waals surface area (Å²) in [6, 6.07) is 20.6. The highest BCUT2D eigenvalue weighted by Crippen LogP contribution is 2.31. The van der Waals surface area contributed by atoms with E-state index in [0.717, 1.165) is 27.1 Å². The number of ether oxygens (including phenoxy) is 2. The Morgan fingerprint density at radius 1 is 1.09 bits per heavy atom. The number of amides is 1. The number of methoxy groups -OCH3 is 1. The van der Waals surface area contributed by atoms with Gasteiger partial charge in [0.15, 0.2) is 0 Å². The molecule has 0 saturated carbocycles. The molecule has 3 aromatic carbocycles. The Morgan fingerprint density at radius 2 is 1.91 bits per heavy atom. The Morgan fingerprint density at radius 3 is 2.66 bits per heavy atom. The van der Waals surface area contributed by atoms with Crippen LogP contribution in [0.15, 0.2) is 71.8 Å². The summed E-state index contributed by atoms with van der Waals surface area (Å²) in [6.45, 7) is 4.58. The molecule has 0 aliphatic rings. The number of carbonyl (C=O) groups is 1. The van der Waals surface area contributed by atoms with Gasteiger partial charge in [0.1, 0.15) is 11.5 Å². The second-order valence-corrected chi connectivity index (χ2v) is 8.07. The van der Waals surface area contributed by atoms with E-state index in [-0.39, 0.29) is 5.91 Å². The predicted octanol–water partition coefficient (Wildman–Crippen LogP) is 5.69. The van der Waals surface area contributed by atoms with Gasteiger partial charge in [-0.2, -0.15) is 10.1 Å². The summed E-state index contributed by atoms with van der Waals surface area (Å²) in [4.78, 5) is 18.1. The molecule has 1 amide bonds. The van der Waals surface area contributed by atoms with Gasteiger partial charge < -0.3 is 9.47 Å². The van der Waals surface area contributed by atoms with E-state index in [2.05, 4.69) is 16.2 Å². The van der Waals surface area contributed by atoms with E-state index in [0.29, 0.717) is 23.1 Å². The Bertz CT molecular complexity index is 1270. The van der Waals surface area contributed by atoms with Crippen LogP contribution in [-0.4, -0.2) is 30.8 Å². The average Bonchev–Trinajstić information content (AvgIpc) is 3.23. The topological polar surface area (TPSA) is 64.0 Å². The van der Waals surface area contributed by atoms with E-state index < -0.39 is 0 Å². The number of nitrogens with zero attached hydrogens (tertiary/aromatic N) is 3. The predicted molar refractivity (Wildman–Crippen MR) is 129 cm³/mol. The third kappa shape index (κ3) is 4.78. The van der Waals surface area contributed by atoms with Gasteiger partial charge in [-0.25, -0.2) is 4.98 Å². The van der Waals surface area contributed by atoms with Gasteiger partial charge in [0.25, 0.3) is 5.91 Å². The van der Waals surface area contributed by atoms with Crippen molar-refractivity contribution in [1.82, 2.24) is 4.98 Å². The molecular formula is C25H23N3O3S. The number of hydrogen-bond donors (Lipinski definition) is 0. The summed E-state index contributed by atoms with van der Waals surface area (Å²) in [5.41, 5.74) is 3.27. The Hall–Kier alpha value is -3.71. The molecule has 4 aromatic rings. The minimum atomic E-state index is -0.290. The summed E-state index contributed by atoms with van der Waals surface area (Å²) < 4.78 is 11.8. The molecule has 6 nitrogen and oxygen atoms in total. The first-order valence-corrected chi connectivity index (χ1v) is 11.0. The maximum Gasteiger partial charge on any atom is 0.280 e. The molecule has 0 unspecified atom stereocenters.